The average molecular weight is 537 g/mol. The van der Waals surface area contributed by atoms with Gasteiger partial charge < -0.3 is 30.2 Å². The number of nitrogens with zero attached hydrogens (tertiary/aromatic N) is 1. The third-order valence-electron chi connectivity index (χ3n) is 10.3. The summed E-state index contributed by atoms with van der Waals surface area (Å²) in [6, 6.07) is 7.55. The van der Waals surface area contributed by atoms with Crippen LogP contribution in [0.4, 0.5) is 5.69 Å². The second-order valence-electron chi connectivity index (χ2n) is 12.5. The van der Waals surface area contributed by atoms with Gasteiger partial charge in [0.2, 0.25) is 0 Å². The second-order valence-corrected chi connectivity index (χ2v) is 12.5. The van der Waals surface area contributed by atoms with E-state index in [0.29, 0.717) is 43.3 Å². The maximum Gasteiger partial charge on any atom is 0.343 e. The van der Waals surface area contributed by atoms with Gasteiger partial charge in [-0.1, -0.05) is 38.1 Å². The van der Waals surface area contributed by atoms with Crippen LogP contribution in [0.1, 0.15) is 38.7 Å². The highest BCUT2D eigenvalue weighted by atomic mass is 16.6. The van der Waals surface area contributed by atoms with E-state index in [4.69, 9.17) is 19.9 Å². The lowest BCUT2D eigenvalue weighted by Gasteiger charge is -2.63. The Morgan fingerprint density at radius 3 is 2.56 bits per heavy atom. The monoisotopic (exact) mass is 536 g/mol. The maximum atomic E-state index is 12.8. The van der Waals surface area contributed by atoms with Crippen LogP contribution < -0.4 is 5.73 Å². The summed E-state index contributed by atoms with van der Waals surface area (Å²) >= 11 is 0. The first-order valence-corrected chi connectivity index (χ1v) is 14.1. The van der Waals surface area contributed by atoms with Crippen molar-refractivity contribution in [2.75, 3.05) is 45.3 Å². The zero-order valence-electron chi connectivity index (χ0n) is 22.8. The quantitative estimate of drug-likeness (QED) is 0.299. The molecule has 3 heterocycles. The summed E-state index contributed by atoms with van der Waals surface area (Å²) in [5, 5.41) is 21.7. The van der Waals surface area contributed by atoms with Gasteiger partial charge in [-0.15, -0.1) is 0 Å². The number of epoxide rings is 1. The molecule has 0 aromatic heterocycles. The maximum absolute atomic E-state index is 12.8. The molecule has 6 rings (SSSR count). The van der Waals surface area contributed by atoms with E-state index in [2.05, 4.69) is 17.9 Å². The van der Waals surface area contributed by atoms with E-state index >= 15 is 0 Å². The number of morpholine rings is 1. The normalized spacial score (nSPS) is 41.6. The molecule has 1 aromatic rings. The molecule has 0 bridgehead atoms. The summed E-state index contributed by atoms with van der Waals surface area (Å²) in [5.41, 5.74) is 6.69. The minimum atomic E-state index is -0.610. The van der Waals surface area contributed by atoms with E-state index < -0.39 is 11.5 Å². The van der Waals surface area contributed by atoms with E-state index in [1.807, 2.05) is 43.3 Å². The van der Waals surface area contributed by atoms with Crippen LogP contribution in [0.25, 0.3) is 6.08 Å². The van der Waals surface area contributed by atoms with Crippen LogP contribution in [0.15, 0.2) is 53.8 Å². The first kappa shape index (κ1) is 26.7. The molecule has 39 heavy (non-hydrogen) atoms. The molecule has 1 spiro atoms. The van der Waals surface area contributed by atoms with Gasteiger partial charge in [0.1, 0.15) is 11.4 Å². The van der Waals surface area contributed by atoms with Gasteiger partial charge in [0, 0.05) is 36.2 Å². The number of anilines is 1. The highest BCUT2D eigenvalue weighted by Gasteiger charge is 2.71. The SMILES string of the molecule is C[C@]12CC[C@H](O)[C@@](C)(CO)C1CC(N1CCOCC1)C1(CO1)C2/C=C/C1=CC(=C\c2ccc(N)cc2)/OC1=O. The Balaban J connectivity index is 1.35. The molecule has 210 valence electrons. The van der Waals surface area contributed by atoms with Crippen LogP contribution >= 0.6 is 0 Å². The Bertz CT molecular complexity index is 1200. The van der Waals surface area contributed by atoms with Crippen LogP contribution in [0.2, 0.25) is 0 Å². The van der Waals surface area contributed by atoms with Crippen LogP contribution in [0.3, 0.4) is 0 Å². The number of hydrogen-bond acceptors (Lipinski definition) is 8. The number of esters is 1. The van der Waals surface area contributed by atoms with Crippen molar-refractivity contribution in [3.05, 3.63) is 59.4 Å². The molecule has 0 radical (unpaired) electrons. The van der Waals surface area contributed by atoms with Gasteiger partial charge in [0.05, 0.1) is 38.1 Å². The van der Waals surface area contributed by atoms with Crippen molar-refractivity contribution < 1.29 is 29.2 Å². The summed E-state index contributed by atoms with van der Waals surface area (Å²) in [4.78, 5) is 15.3. The van der Waals surface area contributed by atoms with Crippen LogP contribution in [0.5, 0.6) is 0 Å². The van der Waals surface area contributed by atoms with Gasteiger partial charge in [0.15, 0.2) is 0 Å². The number of aliphatic hydroxyl groups excluding tert-OH is 2. The van der Waals surface area contributed by atoms with Crippen molar-refractivity contribution in [2.45, 2.75) is 50.9 Å². The molecule has 4 fully saturated rings. The third-order valence-corrected chi connectivity index (χ3v) is 10.3. The number of carbonyl (C=O) groups excluding carboxylic acids is 1. The molecule has 8 nitrogen and oxygen atoms in total. The molecule has 7 atom stereocenters. The van der Waals surface area contributed by atoms with E-state index in [1.165, 1.54) is 0 Å². The minimum absolute atomic E-state index is 0.00815. The van der Waals surface area contributed by atoms with Gasteiger partial charge in [-0.25, -0.2) is 4.79 Å². The first-order chi connectivity index (χ1) is 18.7. The number of rotatable bonds is 5. The fraction of sp³-hybridized carbons (Fsp3) is 0.581. The second kappa shape index (κ2) is 9.85. The Kier molecular flexibility index (Phi) is 6.75. The zero-order valence-corrected chi connectivity index (χ0v) is 22.8. The molecule has 4 unspecified atom stereocenters. The summed E-state index contributed by atoms with van der Waals surface area (Å²) in [6.07, 6.45) is 9.41. The number of nitrogen functional groups attached to an aromatic ring is 1. The number of nitrogens with two attached hydrogens (primary N) is 1. The summed E-state index contributed by atoms with van der Waals surface area (Å²) in [7, 11) is 0. The number of cyclic esters (lactones) is 1. The van der Waals surface area contributed by atoms with Crippen molar-refractivity contribution in [2.24, 2.45) is 22.7 Å². The van der Waals surface area contributed by atoms with Crippen molar-refractivity contribution in [3.63, 3.8) is 0 Å². The molecule has 8 heteroatoms. The average Bonchev–Trinajstić information content (AvgIpc) is 3.64. The van der Waals surface area contributed by atoms with Crippen LogP contribution in [-0.2, 0) is 19.0 Å². The standard InChI is InChI=1S/C31H40N2O6/c1-29-10-9-27(35)30(2,18-34)25(29)17-26(33-11-13-37-14-12-33)31(19-38-31)24(29)8-5-21-16-23(39-28(21)36)15-20-3-6-22(32)7-4-20/h3-8,15-16,24-27,34-35H,9-14,17-19,32H2,1-2H3/b8-5+,23-15+/t24?,25?,26?,27-,29+,30-,31?/m0/s1. The Hall–Kier alpha value is -2.49. The molecule has 2 saturated carbocycles. The topological polar surface area (TPSA) is 118 Å². The Labute approximate surface area is 230 Å². The molecule has 1 aromatic carbocycles. The minimum Gasteiger partial charge on any atom is -0.423 e. The van der Waals surface area contributed by atoms with Gasteiger partial charge in [-0.3, -0.25) is 4.90 Å². The van der Waals surface area contributed by atoms with Crippen molar-refractivity contribution in [3.8, 4) is 0 Å². The fourth-order valence-electron chi connectivity index (χ4n) is 7.99. The van der Waals surface area contributed by atoms with Gasteiger partial charge in [-0.2, -0.15) is 0 Å². The van der Waals surface area contributed by atoms with E-state index in [-0.39, 0.29) is 41.5 Å². The highest BCUT2D eigenvalue weighted by Crippen LogP contribution is 2.66. The van der Waals surface area contributed by atoms with E-state index in [1.54, 1.807) is 6.08 Å². The van der Waals surface area contributed by atoms with E-state index in [9.17, 15) is 15.0 Å². The van der Waals surface area contributed by atoms with Gasteiger partial charge in [-0.05, 0) is 60.4 Å². The third kappa shape index (κ3) is 4.46. The number of allylic oxidation sites excluding steroid dienone is 1. The molecule has 0 amide bonds. The Morgan fingerprint density at radius 1 is 1.18 bits per heavy atom. The molecular weight excluding hydrogens is 496 g/mol. The smallest absolute Gasteiger partial charge is 0.343 e. The van der Waals surface area contributed by atoms with Crippen molar-refractivity contribution in [1.29, 1.82) is 0 Å². The number of fused-ring (bicyclic) bond motifs is 1. The molecule has 3 aliphatic heterocycles. The van der Waals surface area contributed by atoms with Crippen molar-refractivity contribution in [1.82, 2.24) is 4.90 Å². The number of aliphatic hydroxyl groups is 2. The molecule has 2 saturated heterocycles. The predicted molar refractivity (Wildman–Crippen MR) is 147 cm³/mol. The molecular formula is C31H40N2O6. The van der Waals surface area contributed by atoms with Crippen LogP contribution in [-0.4, -0.2) is 78.3 Å². The molecule has 2 aliphatic carbocycles. The number of hydrogen-bond donors (Lipinski definition) is 3. The molecule has 4 N–H and O–H groups in total. The lowest BCUT2D eigenvalue weighted by atomic mass is 9.44. The number of carbonyl (C=O) groups is 1. The first-order valence-electron chi connectivity index (χ1n) is 14.1. The molecule has 5 aliphatic rings. The Morgan fingerprint density at radius 2 is 1.90 bits per heavy atom. The number of ether oxygens (including phenoxy) is 3. The summed E-state index contributed by atoms with van der Waals surface area (Å²) in [5.74, 6) is 0.213. The van der Waals surface area contributed by atoms with Gasteiger partial charge >= 0.3 is 5.97 Å². The van der Waals surface area contributed by atoms with Gasteiger partial charge in [0.25, 0.3) is 0 Å². The highest BCUT2D eigenvalue weighted by molar-refractivity contribution is 5.96. The largest absolute Gasteiger partial charge is 0.423 e. The zero-order chi connectivity index (χ0) is 27.4. The fourth-order valence-corrected chi connectivity index (χ4v) is 7.99. The summed E-state index contributed by atoms with van der Waals surface area (Å²) < 4.78 is 17.6. The van der Waals surface area contributed by atoms with Crippen molar-refractivity contribution >= 4 is 17.7 Å². The lowest BCUT2D eigenvalue weighted by Crippen LogP contribution is -2.67. The van der Waals surface area contributed by atoms with Crippen LogP contribution in [0, 0.1) is 22.7 Å². The van der Waals surface area contributed by atoms with E-state index in [0.717, 1.165) is 31.5 Å². The summed E-state index contributed by atoms with van der Waals surface area (Å²) in [6.45, 7) is 7.98. The number of benzene rings is 1. The lowest BCUT2D eigenvalue weighted by molar-refractivity contribution is -0.186. The predicted octanol–water partition coefficient (Wildman–Crippen LogP) is 2.91.